The first-order valence-corrected chi connectivity index (χ1v) is 13.8. The molecule has 6 nitrogen and oxygen atoms in total. The number of nitrogens with one attached hydrogen (secondary N) is 1. The van der Waals surface area contributed by atoms with Gasteiger partial charge in [0.05, 0.1) is 28.1 Å². The Bertz CT molecular complexity index is 1540. The summed E-state index contributed by atoms with van der Waals surface area (Å²) in [6.07, 6.45) is 0. The van der Waals surface area contributed by atoms with Crippen LogP contribution in [0, 0.1) is 9.39 Å². The molecule has 3 aromatic rings. The van der Waals surface area contributed by atoms with Crippen LogP contribution < -0.4 is 14.8 Å². The smallest absolute Gasteiger partial charge is 0.336 e. The Hall–Kier alpha value is -3.66. The summed E-state index contributed by atoms with van der Waals surface area (Å²) in [6, 6.07) is 17.5. The number of rotatable bonds is 8. The maximum absolute atomic E-state index is 14.2. The van der Waals surface area contributed by atoms with Crippen molar-refractivity contribution in [2.24, 2.45) is 0 Å². The van der Waals surface area contributed by atoms with Gasteiger partial charge in [-0.15, -0.1) is 0 Å². The molecule has 0 amide bonds. The highest BCUT2D eigenvalue weighted by Gasteiger charge is 2.43. The van der Waals surface area contributed by atoms with Crippen LogP contribution in [0.2, 0.25) is 0 Å². The van der Waals surface area contributed by atoms with E-state index in [1.807, 2.05) is 38.1 Å². The predicted octanol–water partition coefficient (Wildman–Crippen LogP) is 6.54. The Morgan fingerprint density at radius 1 is 1.00 bits per heavy atom. The lowest BCUT2D eigenvalue weighted by Crippen LogP contribution is -2.29. The minimum absolute atomic E-state index is 0.0195. The molecule has 5 rings (SSSR count). The van der Waals surface area contributed by atoms with Crippen LogP contribution in [0.3, 0.4) is 0 Å². The number of hydrogen-bond acceptors (Lipinski definition) is 6. The predicted molar refractivity (Wildman–Crippen MR) is 154 cm³/mol. The molecule has 3 aromatic carbocycles. The van der Waals surface area contributed by atoms with Crippen LogP contribution in [-0.4, -0.2) is 25.0 Å². The highest BCUT2D eigenvalue weighted by molar-refractivity contribution is 14.1. The lowest BCUT2D eigenvalue weighted by molar-refractivity contribution is -0.138. The monoisotopic (exact) mass is 639 g/mol. The number of dihydropyridines is 1. The molecule has 0 aromatic heterocycles. The van der Waals surface area contributed by atoms with Crippen LogP contribution >= 0.6 is 22.6 Å². The molecular formula is C31H27FINO5. The number of Topliss-reactive ketones (excluding diaryl/α,β-unsaturated/α-hetero) is 1. The van der Waals surface area contributed by atoms with E-state index >= 15 is 0 Å². The van der Waals surface area contributed by atoms with E-state index in [1.165, 1.54) is 6.07 Å². The Morgan fingerprint density at radius 2 is 1.72 bits per heavy atom. The van der Waals surface area contributed by atoms with E-state index in [4.69, 9.17) is 14.2 Å². The lowest BCUT2D eigenvalue weighted by Gasteiger charge is -2.30. The van der Waals surface area contributed by atoms with Gasteiger partial charge in [-0.3, -0.25) is 4.79 Å². The van der Waals surface area contributed by atoms with Gasteiger partial charge in [0.25, 0.3) is 0 Å². The van der Waals surface area contributed by atoms with Crippen molar-refractivity contribution < 1.29 is 28.2 Å². The summed E-state index contributed by atoms with van der Waals surface area (Å²) in [5, 5.41) is 3.31. The van der Waals surface area contributed by atoms with Crippen LogP contribution in [-0.2, 0) is 16.1 Å². The first-order chi connectivity index (χ1) is 18.8. The average Bonchev–Trinajstić information content (AvgIpc) is 3.20. The fourth-order valence-corrected chi connectivity index (χ4v) is 5.85. The lowest BCUT2D eigenvalue weighted by atomic mass is 9.79. The molecule has 0 spiro atoms. The number of ether oxygens (including phenoxy) is 3. The van der Waals surface area contributed by atoms with Crippen molar-refractivity contribution in [3.05, 3.63) is 109 Å². The molecule has 0 fully saturated rings. The van der Waals surface area contributed by atoms with Crippen molar-refractivity contribution in [3.8, 4) is 11.5 Å². The average molecular weight is 639 g/mol. The molecule has 0 unspecified atom stereocenters. The number of carbonyl (C=O) groups excluding carboxylic acids is 2. The molecule has 1 heterocycles. The third-order valence-corrected chi connectivity index (χ3v) is 7.54. The number of benzene rings is 3. The zero-order valence-corrected chi connectivity index (χ0v) is 23.9. The summed E-state index contributed by atoms with van der Waals surface area (Å²) >= 11 is 2.14. The number of allylic oxidation sites excluding steroid dienone is 2. The first kappa shape index (κ1) is 26.9. The minimum atomic E-state index is -0.687. The van der Waals surface area contributed by atoms with Crippen molar-refractivity contribution in [2.75, 3.05) is 13.2 Å². The molecule has 1 aliphatic heterocycles. The minimum Gasteiger partial charge on any atom is -0.490 e. The van der Waals surface area contributed by atoms with Crippen LogP contribution in [0.25, 0.3) is 5.70 Å². The zero-order valence-electron chi connectivity index (χ0n) is 21.8. The maximum atomic E-state index is 14.2. The van der Waals surface area contributed by atoms with E-state index in [9.17, 15) is 14.0 Å². The summed E-state index contributed by atoms with van der Waals surface area (Å²) < 4.78 is 32.4. The summed E-state index contributed by atoms with van der Waals surface area (Å²) in [4.78, 5) is 27.0. The number of halogens is 2. The normalized spacial score (nSPS) is 16.0. The summed E-state index contributed by atoms with van der Waals surface area (Å²) in [5.74, 6) is -0.757. The second-order valence-electron chi connectivity index (χ2n) is 9.12. The topological polar surface area (TPSA) is 73.9 Å². The van der Waals surface area contributed by atoms with Crippen molar-refractivity contribution >= 4 is 40.0 Å². The van der Waals surface area contributed by atoms with Crippen molar-refractivity contribution in [2.45, 2.75) is 33.3 Å². The fraction of sp³-hybridized carbons (Fsp3) is 0.226. The Labute approximate surface area is 240 Å². The van der Waals surface area contributed by atoms with Gasteiger partial charge in [-0.25, -0.2) is 9.18 Å². The third kappa shape index (κ3) is 4.93. The van der Waals surface area contributed by atoms with Gasteiger partial charge in [-0.2, -0.15) is 0 Å². The molecule has 8 heteroatoms. The Balaban J connectivity index is 1.63. The van der Waals surface area contributed by atoms with E-state index < -0.39 is 11.9 Å². The summed E-state index contributed by atoms with van der Waals surface area (Å²) in [6.45, 7) is 6.00. The number of ketones is 1. The molecule has 1 atom stereocenters. The molecule has 0 radical (unpaired) electrons. The third-order valence-electron chi connectivity index (χ3n) is 6.74. The molecule has 0 saturated heterocycles. The zero-order chi connectivity index (χ0) is 27.7. The number of fused-ring (bicyclic) bond motifs is 2. The molecule has 0 bridgehead atoms. The van der Waals surface area contributed by atoms with Crippen molar-refractivity contribution in [1.29, 1.82) is 0 Å². The number of carbonyl (C=O) groups is 2. The van der Waals surface area contributed by atoms with Crippen LogP contribution in [0.4, 0.5) is 4.39 Å². The van der Waals surface area contributed by atoms with E-state index in [0.29, 0.717) is 60.9 Å². The number of esters is 1. The van der Waals surface area contributed by atoms with Gasteiger partial charge in [0.15, 0.2) is 17.3 Å². The van der Waals surface area contributed by atoms with Crippen LogP contribution in [0.5, 0.6) is 11.5 Å². The van der Waals surface area contributed by atoms with Gasteiger partial charge in [0.2, 0.25) is 0 Å². The second-order valence-corrected chi connectivity index (χ2v) is 10.3. The fourth-order valence-electron chi connectivity index (χ4n) is 5.06. The molecule has 1 N–H and O–H groups in total. The van der Waals surface area contributed by atoms with Gasteiger partial charge >= 0.3 is 5.97 Å². The Kier molecular flexibility index (Phi) is 7.74. The van der Waals surface area contributed by atoms with Crippen molar-refractivity contribution in [3.63, 3.8) is 0 Å². The van der Waals surface area contributed by atoms with Crippen LogP contribution in [0.15, 0.2) is 77.5 Å². The quantitative estimate of drug-likeness (QED) is 0.223. The van der Waals surface area contributed by atoms with Crippen molar-refractivity contribution in [1.82, 2.24) is 5.32 Å². The molecule has 200 valence electrons. The highest BCUT2D eigenvalue weighted by atomic mass is 127. The van der Waals surface area contributed by atoms with Gasteiger partial charge < -0.3 is 19.5 Å². The van der Waals surface area contributed by atoms with Gasteiger partial charge in [0, 0.05) is 33.9 Å². The van der Waals surface area contributed by atoms with E-state index in [1.54, 1.807) is 37.3 Å². The summed E-state index contributed by atoms with van der Waals surface area (Å²) in [7, 11) is 0. The standard InChI is InChI=1S/C31H27FINO5/c1-4-37-24-15-19(14-23(33)30(24)39-16-18-10-6-9-13-22(18)32)26-25(31(36)38-5-2)17(3)34-28-20-11-7-8-12-21(20)29(35)27(26)28/h6-15,26,34H,4-5,16H2,1-3H3/t26-/m1/s1. The first-order valence-electron chi connectivity index (χ1n) is 12.7. The number of hydrogen-bond donors (Lipinski definition) is 1. The van der Waals surface area contributed by atoms with E-state index in [2.05, 4.69) is 27.9 Å². The largest absolute Gasteiger partial charge is 0.490 e. The van der Waals surface area contributed by atoms with E-state index in [0.717, 1.165) is 5.56 Å². The molecular weight excluding hydrogens is 612 g/mol. The highest BCUT2D eigenvalue weighted by Crippen LogP contribution is 2.49. The van der Waals surface area contributed by atoms with Gasteiger partial charge in [-0.05, 0) is 67.1 Å². The maximum Gasteiger partial charge on any atom is 0.336 e. The van der Waals surface area contributed by atoms with Crippen LogP contribution in [0.1, 0.15) is 53.7 Å². The SMILES string of the molecule is CCOC(=O)C1=C(C)NC2=C(C(=O)c3ccccc32)[C@@H]1c1cc(I)c(OCc2ccccc2F)c(OCC)c1. The van der Waals surface area contributed by atoms with Gasteiger partial charge in [0.1, 0.15) is 12.4 Å². The molecule has 39 heavy (non-hydrogen) atoms. The summed E-state index contributed by atoms with van der Waals surface area (Å²) in [5.41, 5.74) is 4.67. The van der Waals surface area contributed by atoms with E-state index in [-0.39, 0.29) is 24.8 Å². The van der Waals surface area contributed by atoms with Gasteiger partial charge in [-0.1, -0.05) is 42.5 Å². The second kappa shape index (κ2) is 11.2. The molecule has 1 aliphatic carbocycles. The molecule has 2 aliphatic rings. The molecule has 0 saturated carbocycles. The Morgan fingerprint density at radius 3 is 2.44 bits per heavy atom.